The third kappa shape index (κ3) is 6.03. The summed E-state index contributed by atoms with van der Waals surface area (Å²) in [5, 5.41) is 14.4. The van der Waals surface area contributed by atoms with Crippen molar-refractivity contribution in [3.8, 4) is 0 Å². The monoisotopic (exact) mass is 395 g/mol. The molecule has 29 heavy (non-hydrogen) atoms. The Balaban J connectivity index is 0.000000278. The lowest BCUT2D eigenvalue weighted by Crippen LogP contribution is -2.27. The van der Waals surface area contributed by atoms with Crippen LogP contribution in [0.4, 0.5) is 11.4 Å². The zero-order valence-corrected chi connectivity index (χ0v) is 16.0. The highest BCUT2D eigenvalue weighted by molar-refractivity contribution is 6.13. The molecule has 0 fully saturated rings. The molecule has 0 aliphatic rings. The van der Waals surface area contributed by atoms with Crippen LogP contribution in [0.15, 0.2) is 65.3 Å². The van der Waals surface area contributed by atoms with Gasteiger partial charge < -0.3 is 20.7 Å². The van der Waals surface area contributed by atoms with Crippen LogP contribution in [-0.4, -0.2) is 27.9 Å². The second-order valence-electron chi connectivity index (χ2n) is 6.16. The number of carbonyl (C=O) groups is 3. The average molecular weight is 395 g/mol. The standard InChI is InChI=1S/C16H16N2O2.C5H5NO3/c1-11(15(19)12-7-9-13(17)10-8-12)16(20)18-14-5-3-2-4-6-14;1-3-4(5(7)8)2-6-9-3/h2-11H,17H2,1H3,(H,18,20);2H,1H3,(H,7,8). The molecule has 2 aromatic carbocycles. The van der Waals surface area contributed by atoms with E-state index in [-0.39, 0.29) is 17.3 Å². The molecule has 1 heterocycles. The van der Waals surface area contributed by atoms with Gasteiger partial charge in [0.2, 0.25) is 5.91 Å². The minimum atomic E-state index is -1.01. The summed E-state index contributed by atoms with van der Waals surface area (Å²) in [6, 6.07) is 15.6. The Hall–Kier alpha value is -3.94. The van der Waals surface area contributed by atoms with Crippen LogP contribution < -0.4 is 11.1 Å². The van der Waals surface area contributed by atoms with Crippen LogP contribution in [0.5, 0.6) is 0 Å². The Bertz CT molecular complexity index is 981. The molecule has 0 saturated heterocycles. The fourth-order valence-corrected chi connectivity index (χ4v) is 2.29. The van der Waals surface area contributed by atoms with Crippen LogP contribution in [0.25, 0.3) is 0 Å². The van der Waals surface area contributed by atoms with Gasteiger partial charge in [-0.3, -0.25) is 9.59 Å². The second-order valence-corrected chi connectivity index (χ2v) is 6.16. The number of nitrogens with two attached hydrogens (primary N) is 1. The summed E-state index contributed by atoms with van der Waals surface area (Å²) >= 11 is 0. The molecular weight excluding hydrogens is 374 g/mol. The number of carboxylic acid groups (broad SMARTS) is 1. The number of Topliss-reactive ketones (excluding diaryl/α,β-unsaturated/α-hetero) is 1. The van der Waals surface area contributed by atoms with E-state index in [9.17, 15) is 14.4 Å². The van der Waals surface area contributed by atoms with Gasteiger partial charge in [-0.05, 0) is 50.2 Å². The van der Waals surface area contributed by atoms with Gasteiger partial charge in [0.25, 0.3) is 0 Å². The quantitative estimate of drug-likeness (QED) is 0.342. The summed E-state index contributed by atoms with van der Waals surface area (Å²) in [5.74, 6) is -1.97. The fraction of sp³-hybridized carbons (Fsp3) is 0.143. The predicted molar refractivity (Wildman–Crippen MR) is 108 cm³/mol. The Labute approximate surface area is 167 Å². The number of hydrogen-bond donors (Lipinski definition) is 3. The zero-order valence-electron chi connectivity index (χ0n) is 16.0. The average Bonchev–Trinajstić information content (AvgIpc) is 3.15. The number of carboxylic acids is 1. The molecule has 8 heteroatoms. The number of nitrogens with zero attached hydrogens (tertiary/aromatic N) is 1. The maximum atomic E-state index is 12.2. The molecule has 1 unspecified atom stereocenters. The summed E-state index contributed by atoms with van der Waals surface area (Å²) in [4.78, 5) is 34.4. The van der Waals surface area contributed by atoms with Crippen LogP contribution in [0.1, 0.15) is 33.4 Å². The summed E-state index contributed by atoms with van der Waals surface area (Å²) < 4.78 is 4.49. The number of benzene rings is 2. The minimum Gasteiger partial charge on any atom is -0.478 e. The third-order valence-electron chi connectivity index (χ3n) is 4.00. The Kier molecular flexibility index (Phi) is 7.25. The maximum Gasteiger partial charge on any atom is 0.340 e. The van der Waals surface area contributed by atoms with Crippen LogP contribution in [-0.2, 0) is 4.79 Å². The molecule has 3 rings (SSSR count). The van der Waals surface area contributed by atoms with Crippen molar-refractivity contribution in [2.75, 3.05) is 11.1 Å². The predicted octanol–water partition coefficient (Wildman–Crippen LogP) is 3.41. The number of ketones is 1. The number of amides is 1. The molecular formula is C21H21N3O5. The van der Waals surface area contributed by atoms with Gasteiger partial charge in [0.15, 0.2) is 5.78 Å². The van der Waals surface area contributed by atoms with E-state index in [1.807, 2.05) is 18.2 Å². The molecule has 1 amide bonds. The minimum absolute atomic E-state index is 0.120. The molecule has 1 atom stereocenters. The van der Waals surface area contributed by atoms with Gasteiger partial charge in [0.1, 0.15) is 11.3 Å². The van der Waals surface area contributed by atoms with Crippen molar-refractivity contribution in [3.63, 3.8) is 0 Å². The van der Waals surface area contributed by atoms with Gasteiger partial charge in [0.05, 0.1) is 12.1 Å². The highest BCUT2D eigenvalue weighted by Crippen LogP contribution is 2.14. The molecule has 150 valence electrons. The van der Waals surface area contributed by atoms with Gasteiger partial charge in [0, 0.05) is 16.9 Å². The van der Waals surface area contributed by atoms with Crippen LogP contribution in [0.2, 0.25) is 0 Å². The van der Waals surface area contributed by atoms with Gasteiger partial charge >= 0.3 is 5.97 Å². The lowest BCUT2D eigenvalue weighted by Gasteiger charge is -2.11. The van der Waals surface area contributed by atoms with Crippen molar-refractivity contribution < 1.29 is 24.0 Å². The zero-order chi connectivity index (χ0) is 21.4. The van der Waals surface area contributed by atoms with Crippen molar-refractivity contribution in [2.24, 2.45) is 5.92 Å². The first-order valence-electron chi connectivity index (χ1n) is 8.69. The van der Waals surface area contributed by atoms with E-state index in [0.29, 0.717) is 22.7 Å². The molecule has 0 spiro atoms. The van der Waals surface area contributed by atoms with E-state index in [0.717, 1.165) is 0 Å². The number of aromatic carboxylic acids is 1. The lowest BCUT2D eigenvalue weighted by molar-refractivity contribution is -0.118. The van der Waals surface area contributed by atoms with Gasteiger partial charge in [-0.15, -0.1) is 0 Å². The molecule has 8 nitrogen and oxygen atoms in total. The number of anilines is 2. The van der Waals surface area contributed by atoms with Gasteiger partial charge in [-0.2, -0.15) is 0 Å². The molecule has 0 radical (unpaired) electrons. The topological polar surface area (TPSA) is 136 Å². The Morgan fingerprint density at radius 1 is 1.07 bits per heavy atom. The summed E-state index contributed by atoms with van der Waals surface area (Å²) in [6.45, 7) is 3.15. The van der Waals surface area contributed by atoms with E-state index in [2.05, 4.69) is 15.0 Å². The molecule has 0 saturated carbocycles. The normalized spacial score (nSPS) is 11.0. The van der Waals surface area contributed by atoms with Crippen molar-refractivity contribution in [1.29, 1.82) is 0 Å². The number of aryl methyl sites for hydroxylation is 1. The van der Waals surface area contributed by atoms with E-state index in [1.165, 1.54) is 6.20 Å². The number of para-hydroxylation sites is 1. The first-order valence-corrected chi connectivity index (χ1v) is 8.69. The highest BCUT2D eigenvalue weighted by atomic mass is 16.5. The van der Waals surface area contributed by atoms with Crippen molar-refractivity contribution in [3.05, 3.63) is 77.7 Å². The third-order valence-corrected chi connectivity index (χ3v) is 4.00. The number of nitrogen functional groups attached to an aromatic ring is 1. The largest absolute Gasteiger partial charge is 0.478 e. The number of nitrogens with one attached hydrogen (secondary N) is 1. The number of aromatic nitrogens is 1. The lowest BCUT2D eigenvalue weighted by atomic mass is 9.98. The van der Waals surface area contributed by atoms with E-state index >= 15 is 0 Å². The molecule has 1 aromatic heterocycles. The van der Waals surface area contributed by atoms with Gasteiger partial charge in [-0.1, -0.05) is 23.4 Å². The summed E-state index contributed by atoms with van der Waals surface area (Å²) in [6.07, 6.45) is 1.18. The first kappa shape index (κ1) is 21.4. The smallest absolute Gasteiger partial charge is 0.340 e. The fourth-order valence-electron chi connectivity index (χ4n) is 2.29. The molecule has 0 bridgehead atoms. The number of rotatable bonds is 5. The summed E-state index contributed by atoms with van der Waals surface area (Å²) in [5.41, 5.74) is 7.44. The van der Waals surface area contributed by atoms with Crippen LogP contribution in [0, 0.1) is 12.8 Å². The second kappa shape index (κ2) is 9.84. The van der Waals surface area contributed by atoms with Gasteiger partial charge in [-0.25, -0.2) is 4.79 Å². The molecule has 4 N–H and O–H groups in total. The Morgan fingerprint density at radius 2 is 1.69 bits per heavy atom. The molecule has 3 aromatic rings. The number of hydrogen-bond acceptors (Lipinski definition) is 6. The van der Waals surface area contributed by atoms with Crippen LogP contribution >= 0.6 is 0 Å². The van der Waals surface area contributed by atoms with E-state index < -0.39 is 11.9 Å². The molecule has 0 aliphatic carbocycles. The van der Waals surface area contributed by atoms with Crippen molar-refractivity contribution in [2.45, 2.75) is 13.8 Å². The molecule has 0 aliphatic heterocycles. The maximum absolute atomic E-state index is 12.2. The SMILES string of the molecule is CC(C(=O)Nc1ccccc1)C(=O)c1ccc(N)cc1.Cc1oncc1C(=O)O. The van der Waals surface area contributed by atoms with E-state index in [4.69, 9.17) is 10.8 Å². The first-order chi connectivity index (χ1) is 13.8. The number of carbonyl (C=O) groups excluding carboxylic acids is 2. The van der Waals surface area contributed by atoms with E-state index in [1.54, 1.807) is 50.2 Å². The van der Waals surface area contributed by atoms with Crippen LogP contribution in [0.3, 0.4) is 0 Å². The summed E-state index contributed by atoms with van der Waals surface area (Å²) in [7, 11) is 0. The Morgan fingerprint density at radius 3 is 2.17 bits per heavy atom. The highest BCUT2D eigenvalue weighted by Gasteiger charge is 2.22. The van der Waals surface area contributed by atoms with Crippen molar-refractivity contribution in [1.82, 2.24) is 5.16 Å². The van der Waals surface area contributed by atoms with Crippen molar-refractivity contribution >= 4 is 29.0 Å².